The second-order valence-electron chi connectivity index (χ2n) is 10.0. The molecule has 7 heteroatoms. The largest absolute Gasteiger partial charge is 0.481 e. The molecule has 2 fully saturated rings. The lowest BCUT2D eigenvalue weighted by Crippen LogP contribution is -2.46. The van der Waals surface area contributed by atoms with Gasteiger partial charge in [-0.15, -0.1) is 0 Å². The molecule has 0 bridgehead atoms. The van der Waals surface area contributed by atoms with Gasteiger partial charge in [-0.1, -0.05) is 61.4 Å². The number of amides is 2. The van der Waals surface area contributed by atoms with Crippen LogP contribution in [-0.2, 0) is 14.3 Å². The minimum Gasteiger partial charge on any atom is -0.481 e. The fourth-order valence-corrected chi connectivity index (χ4v) is 6.09. The Morgan fingerprint density at radius 1 is 0.857 bits per heavy atom. The lowest BCUT2D eigenvalue weighted by molar-refractivity contribution is -0.142. The van der Waals surface area contributed by atoms with E-state index in [4.69, 9.17) is 4.74 Å². The number of carboxylic acids is 1. The average Bonchev–Trinajstić information content (AvgIpc) is 3.45. The van der Waals surface area contributed by atoms with Gasteiger partial charge in [-0.05, 0) is 54.4 Å². The van der Waals surface area contributed by atoms with E-state index in [0.29, 0.717) is 19.3 Å². The first-order chi connectivity index (χ1) is 17.0. The number of carbonyl (C=O) groups is 3. The number of aliphatic carboxylic acids is 1. The summed E-state index contributed by atoms with van der Waals surface area (Å²) in [5.74, 6) is -1.66. The summed E-state index contributed by atoms with van der Waals surface area (Å²) in [6.45, 7) is 0.259. The number of carbonyl (C=O) groups excluding carboxylic acids is 2. The van der Waals surface area contributed by atoms with Crippen molar-refractivity contribution in [2.24, 2.45) is 11.8 Å². The van der Waals surface area contributed by atoms with Crippen LogP contribution >= 0.6 is 0 Å². The van der Waals surface area contributed by atoms with E-state index >= 15 is 0 Å². The maximum atomic E-state index is 12.8. The van der Waals surface area contributed by atoms with Gasteiger partial charge >= 0.3 is 12.1 Å². The zero-order chi connectivity index (χ0) is 24.4. The summed E-state index contributed by atoms with van der Waals surface area (Å²) in [6, 6.07) is 16.0. The lowest BCUT2D eigenvalue weighted by Gasteiger charge is -2.30. The van der Waals surface area contributed by atoms with Gasteiger partial charge in [0.2, 0.25) is 5.91 Å². The van der Waals surface area contributed by atoms with E-state index in [0.717, 1.165) is 25.7 Å². The number of rotatable bonds is 6. The van der Waals surface area contributed by atoms with Gasteiger partial charge in [-0.25, -0.2) is 4.79 Å². The van der Waals surface area contributed by atoms with Crippen LogP contribution in [0.5, 0.6) is 0 Å². The normalized spacial score (nSPS) is 25.4. The van der Waals surface area contributed by atoms with Crippen molar-refractivity contribution < 1.29 is 24.2 Å². The van der Waals surface area contributed by atoms with Crippen LogP contribution in [0, 0.1) is 11.8 Å². The Balaban J connectivity index is 1.14. The average molecular weight is 477 g/mol. The number of hydrogen-bond donors (Lipinski definition) is 3. The number of nitrogens with one attached hydrogen (secondary N) is 2. The molecule has 0 radical (unpaired) electrons. The molecule has 0 saturated heterocycles. The fraction of sp³-hybridized carbons (Fsp3) is 0.464. The smallest absolute Gasteiger partial charge is 0.407 e. The Morgan fingerprint density at radius 3 is 2.20 bits per heavy atom. The van der Waals surface area contributed by atoms with Crippen LogP contribution < -0.4 is 10.6 Å². The molecule has 35 heavy (non-hydrogen) atoms. The summed E-state index contributed by atoms with van der Waals surface area (Å²) < 4.78 is 5.67. The van der Waals surface area contributed by atoms with Gasteiger partial charge in [0.05, 0.1) is 5.92 Å². The van der Waals surface area contributed by atoms with E-state index in [2.05, 4.69) is 34.9 Å². The summed E-state index contributed by atoms with van der Waals surface area (Å²) in [5.41, 5.74) is 4.71. The SMILES string of the molecule is O=C(N[C@H]1CCC[C@@H](C(=O)N[C@H]2CCC[C@H]2C(=O)O)C1)OCC1c2ccccc2-c2ccccc21. The van der Waals surface area contributed by atoms with Gasteiger partial charge < -0.3 is 20.5 Å². The highest BCUT2D eigenvalue weighted by atomic mass is 16.5. The fourth-order valence-electron chi connectivity index (χ4n) is 6.09. The first-order valence-electron chi connectivity index (χ1n) is 12.7. The highest BCUT2D eigenvalue weighted by molar-refractivity contribution is 5.81. The van der Waals surface area contributed by atoms with Crippen LogP contribution in [-0.4, -0.2) is 41.8 Å². The van der Waals surface area contributed by atoms with Crippen molar-refractivity contribution >= 4 is 18.0 Å². The van der Waals surface area contributed by atoms with Gasteiger partial charge in [0.1, 0.15) is 6.61 Å². The van der Waals surface area contributed by atoms with Crippen LogP contribution in [0.1, 0.15) is 62.0 Å². The van der Waals surface area contributed by atoms with Crippen molar-refractivity contribution in [3.05, 3.63) is 59.7 Å². The van der Waals surface area contributed by atoms with E-state index < -0.39 is 18.0 Å². The highest BCUT2D eigenvalue weighted by Gasteiger charge is 2.36. The highest BCUT2D eigenvalue weighted by Crippen LogP contribution is 2.44. The van der Waals surface area contributed by atoms with E-state index in [1.807, 2.05) is 24.3 Å². The Labute approximate surface area is 205 Å². The molecule has 184 valence electrons. The summed E-state index contributed by atoms with van der Waals surface area (Å²) in [6.07, 6.45) is 4.60. The van der Waals surface area contributed by atoms with Crippen molar-refractivity contribution in [2.45, 2.75) is 62.9 Å². The summed E-state index contributed by atoms with van der Waals surface area (Å²) >= 11 is 0. The van der Waals surface area contributed by atoms with Crippen LogP contribution in [0.4, 0.5) is 4.79 Å². The lowest BCUT2D eigenvalue weighted by atomic mass is 9.85. The molecule has 0 heterocycles. The number of alkyl carbamates (subject to hydrolysis) is 1. The molecule has 0 aromatic heterocycles. The number of carboxylic acid groups (broad SMARTS) is 1. The molecule has 2 saturated carbocycles. The van der Waals surface area contributed by atoms with Crippen molar-refractivity contribution in [3.63, 3.8) is 0 Å². The first-order valence-corrected chi connectivity index (χ1v) is 12.7. The second-order valence-corrected chi connectivity index (χ2v) is 10.0. The number of benzene rings is 2. The topological polar surface area (TPSA) is 105 Å². The molecule has 3 aliphatic carbocycles. The van der Waals surface area contributed by atoms with E-state index in [9.17, 15) is 19.5 Å². The molecule has 0 aliphatic heterocycles. The molecule has 2 aromatic carbocycles. The summed E-state index contributed by atoms with van der Waals surface area (Å²) in [5, 5.41) is 15.3. The van der Waals surface area contributed by atoms with Crippen molar-refractivity contribution in [3.8, 4) is 11.1 Å². The van der Waals surface area contributed by atoms with Gasteiger partial charge in [0.15, 0.2) is 0 Å². The Kier molecular flexibility index (Phi) is 6.75. The molecule has 2 aromatic rings. The van der Waals surface area contributed by atoms with E-state index in [-0.39, 0.29) is 36.4 Å². The number of fused-ring (bicyclic) bond motifs is 3. The predicted molar refractivity (Wildman–Crippen MR) is 131 cm³/mol. The number of ether oxygens (including phenoxy) is 1. The third kappa shape index (κ3) is 4.90. The molecule has 7 nitrogen and oxygen atoms in total. The second kappa shape index (κ2) is 10.1. The van der Waals surface area contributed by atoms with Crippen molar-refractivity contribution in [2.75, 3.05) is 6.61 Å². The van der Waals surface area contributed by atoms with E-state index in [1.165, 1.54) is 22.3 Å². The van der Waals surface area contributed by atoms with E-state index in [1.54, 1.807) is 0 Å². The quantitative estimate of drug-likeness (QED) is 0.571. The van der Waals surface area contributed by atoms with Crippen molar-refractivity contribution in [1.29, 1.82) is 0 Å². The molecular weight excluding hydrogens is 444 g/mol. The monoisotopic (exact) mass is 476 g/mol. The van der Waals surface area contributed by atoms with Gasteiger partial charge in [-0.2, -0.15) is 0 Å². The Hall–Kier alpha value is -3.35. The maximum absolute atomic E-state index is 12.8. The molecule has 0 unspecified atom stereocenters. The van der Waals surface area contributed by atoms with Gasteiger partial charge in [0, 0.05) is 23.9 Å². The zero-order valence-corrected chi connectivity index (χ0v) is 19.7. The molecule has 2 amide bonds. The molecule has 5 rings (SSSR count). The van der Waals surface area contributed by atoms with Gasteiger partial charge in [0.25, 0.3) is 0 Å². The summed E-state index contributed by atoms with van der Waals surface area (Å²) in [4.78, 5) is 36.9. The van der Waals surface area contributed by atoms with Gasteiger partial charge in [-0.3, -0.25) is 9.59 Å². The number of hydrogen-bond acceptors (Lipinski definition) is 4. The molecule has 3 aliphatic rings. The third-order valence-corrected chi connectivity index (χ3v) is 7.87. The standard InChI is InChI=1S/C28H32N2O5/c31-26(30-25-14-6-13-23(25)27(32)33)17-7-5-8-18(15-17)29-28(34)35-16-24-21-11-3-1-9-19(21)20-10-2-4-12-22(20)24/h1-4,9-12,17-18,23-25H,5-8,13-16H2,(H,29,34)(H,30,31)(H,32,33)/t17-,18+,23-,25+/m1/s1. The van der Waals surface area contributed by atoms with Crippen LogP contribution in [0.25, 0.3) is 11.1 Å². The predicted octanol–water partition coefficient (Wildman–Crippen LogP) is 4.45. The maximum Gasteiger partial charge on any atom is 0.407 e. The molecular formula is C28H32N2O5. The minimum absolute atomic E-state index is 0.00613. The van der Waals surface area contributed by atoms with Crippen LogP contribution in [0.15, 0.2) is 48.5 Å². The first kappa shape index (κ1) is 23.4. The summed E-state index contributed by atoms with van der Waals surface area (Å²) in [7, 11) is 0. The van der Waals surface area contributed by atoms with Crippen LogP contribution in [0.2, 0.25) is 0 Å². The molecule has 3 N–H and O–H groups in total. The molecule has 4 atom stereocenters. The third-order valence-electron chi connectivity index (χ3n) is 7.87. The zero-order valence-electron chi connectivity index (χ0n) is 19.7. The van der Waals surface area contributed by atoms with Crippen LogP contribution in [0.3, 0.4) is 0 Å². The van der Waals surface area contributed by atoms with Crippen molar-refractivity contribution in [1.82, 2.24) is 10.6 Å². The Morgan fingerprint density at radius 2 is 1.51 bits per heavy atom. The minimum atomic E-state index is -0.841. The molecule has 0 spiro atoms. The Bertz CT molecular complexity index is 1070.